The first-order chi connectivity index (χ1) is 7.57. The van der Waals surface area contributed by atoms with Gasteiger partial charge < -0.3 is 5.11 Å². The van der Waals surface area contributed by atoms with Gasteiger partial charge in [-0.15, -0.1) is 0 Å². The van der Waals surface area contributed by atoms with E-state index in [1.807, 2.05) is 0 Å². The van der Waals surface area contributed by atoms with E-state index in [1.54, 1.807) is 0 Å². The molecule has 0 aliphatic heterocycles. The van der Waals surface area contributed by atoms with E-state index in [9.17, 15) is 26.3 Å². The van der Waals surface area contributed by atoms with Crippen LogP contribution in [0.5, 0.6) is 0 Å². The normalized spacial score (nSPS) is 37.2. The Morgan fingerprint density at radius 2 is 1.47 bits per heavy atom. The zero-order valence-corrected chi connectivity index (χ0v) is 8.78. The van der Waals surface area contributed by atoms with Gasteiger partial charge in [0.25, 0.3) is 0 Å². The van der Waals surface area contributed by atoms with Gasteiger partial charge in [-0.05, 0) is 31.1 Å². The predicted molar refractivity (Wildman–Crippen MR) is 46.0 cm³/mol. The topological polar surface area (TPSA) is 20.2 Å². The number of hydrogen-bond donors (Lipinski definition) is 1. The van der Waals surface area contributed by atoms with Crippen LogP contribution in [0.4, 0.5) is 26.3 Å². The largest absolute Gasteiger partial charge is 0.454 e. The summed E-state index contributed by atoms with van der Waals surface area (Å²) < 4.78 is 76.4. The molecule has 0 amide bonds. The van der Waals surface area contributed by atoms with Crippen molar-refractivity contribution >= 4 is 0 Å². The van der Waals surface area contributed by atoms with Crippen LogP contribution in [-0.4, -0.2) is 23.1 Å². The minimum absolute atomic E-state index is 0.0556. The molecule has 0 spiro atoms. The average Bonchev–Trinajstić information content (AvgIpc) is 2.76. The van der Waals surface area contributed by atoms with E-state index in [-0.39, 0.29) is 12.3 Å². The van der Waals surface area contributed by atoms with E-state index in [1.165, 1.54) is 0 Å². The third-order valence-corrected chi connectivity index (χ3v) is 4.02. The lowest BCUT2D eigenvalue weighted by atomic mass is 9.81. The molecule has 0 radical (unpaired) electrons. The number of hydrogen-bond acceptors (Lipinski definition) is 1. The molecule has 0 aromatic heterocycles. The van der Waals surface area contributed by atoms with Crippen LogP contribution in [0, 0.1) is 17.8 Å². The zero-order chi connectivity index (χ0) is 13.1. The Labute approximate surface area is 93.8 Å². The molecule has 1 N–H and O–H groups in total. The fraction of sp³-hybridized carbons (Fsp3) is 1.00. The Balaban J connectivity index is 2.24. The second-order valence-electron chi connectivity index (χ2n) is 5.02. The monoisotopic (exact) mass is 262 g/mol. The molecule has 0 aromatic carbocycles. The highest BCUT2D eigenvalue weighted by atomic mass is 19.4. The standard InChI is InChI=1S/C10H12F6O/c11-8(12,9(13,17)10(14,15)16)7-4-5-1-2-6(7)3-5/h5-7,17H,1-4H2. The first-order valence-corrected chi connectivity index (χ1v) is 5.43. The minimum Gasteiger partial charge on any atom is -0.350 e. The van der Waals surface area contributed by atoms with Crippen molar-refractivity contribution in [1.29, 1.82) is 0 Å². The molecular formula is C10H12F6O. The van der Waals surface area contributed by atoms with E-state index in [0.29, 0.717) is 19.3 Å². The molecule has 7 heteroatoms. The summed E-state index contributed by atoms with van der Waals surface area (Å²) in [7, 11) is 0. The average molecular weight is 262 g/mol. The SMILES string of the molecule is OC(F)(C(F)(F)F)C(F)(F)C1CC2CCC1C2. The minimum atomic E-state index is -5.97. The second-order valence-corrected chi connectivity index (χ2v) is 5.02. The number of halogens is 6. The van der Waals surface area contributed by atoms with Gasteiger partial charge in [-0.2, -0.15) is 26.3 Å². The van der Waals surface area contributed by atoms with Crippen molar-refractivity contribution in [3.8, 4) is 0 Å². The maximum absolute atomic E-state index is 13.5. The Morgan fingerprint density at radius 1 is 0.882 bits per heavy atom. The van der Waals surface area contributed by atoms with E-state index in [0.717, 1.165) is 0 Å². The number of fused-ring (bicyclic) bond motifs is 2. The molecular weight excluding hydrogens is 250 g/mol. The van der Waals surface area contributed by atoms with Crippen molar-refractivity contribution in [3.63, 3.8) is 0 Å². The van der Waals surface area contributed by atoms with Crippen molar-refractivity contribution in [2.75, 3.05) is 0 Å². The van der Waals surface area contributed by atoms with Crippen LogP contribution in [0.1, 0.15) is 25.7 Å². The van der Waals surface area contributed by atoms with Gasteiger partial charge in [-0.3, -0.25) is 0 Å². The zero-order valence-electron chi connectivity index (χ0n) is 8.78. The third-order valence-electron chi connectivity index (χ3n) is 4.02. The van der Waals surface area contributed by atoms with E-state index >= 15 is 0 Å². The highest BCUT2D eigenvalue weighted by Gasteiger charge is 2.74. The van der Waals surface area contributed by atoms with Gasteiger partial charge in [0.1, 0.15) is 0 Å². The van der Waals surface area contributed by atoms with Gasteiger partial charge in [-0.1, -0.05) is 6.42 Å². The Morgan fingerprint density at radius 3 is 1.82 bits per heavy atom. The smallest absolute Gasteiger partial charge is 0.350 e. The van der Waals surface area contributed by atoms with Crippen LogP contribution < -0.4 is 0 Å². The van der Waals surface area contributed by atoms with Gasteiger partial charge in [0.15, 0.2) is 0 Å². The number of rotatable bonds is 2. The van der Waals surface area contributed by atoms with Crippen molar-refractivity contribution in [2.45, 2.75) is 43.6 Å². The molecule has 2 rings (SSSR count). The molecule has 0 heterocycles. The molecule has 2 fully saturated rings. The van der Waals surface area contributed by atoms with E-state index in [2.05, 4.69) is 0 Å². The first kappa shape index (κ1) is 13.0. The summed E-state index contributed by atoms with van der Waals surface area (Å²) in [6.07, 6.45) is -4.61. The molecule has 17 heavy (non-hydrogen) atoms. The van der Waals surface area contributed by atoms with Crippen LogP contribution in [0.15, 0.2) is 0 Å². The summed E-state index contributed by atoms with van der Waals surface area (Å²) in [5.41, 5.74) is 0. The van der Waals surface area contributed by atoms with Gasteiger partial charge in [0, 0.05) is 5.92 Å². The summed E-state index contributed by atoms with van der Waals surface area (Å²) in [6.45, 7) is 0. The van der Waals surface area contributed by atoms with E-state index < -0.39 is 29.8 Å². The Hall–Kier alpha value is -0.460. The first-order valence-electron chi connectivity index (χ1n) is 5.43. The van der Waals surface area contributed by atoms with Crippen molar-refractivity contribution in [1.82, 2.24) is 0 Å². The van der Waals surface area contributed by atoms with Crippen molar-refractivity contribution < 1.29 is 31.4 Å². The van der Waals surface area contributed by atoms with Gasteiger partial charge in [-0.25, -0.2) is 0 Å². The fourth-order valence-corrected chi connectivity index (χ4v) is 3.12. The summed E-state index contributed by atoms with van der Waals surface area (Å²) in [6, 6.07) is 0. The van der Waals surface area contributed by atoms with Crippen molar-refractivity contribution in [3.05, 3.63) is 0 Å². The molecule has 2 saturated carbocycles. The summed E-state index contributed by atoms with van der Waals surface area (Å²) in [5.74, 6) is -12.6. The quantitative estimate of drug-likeness (QED) is 0.757. The van der Waals surface area contributed by atoms with Crippen LogP contribution >= 0.6 is 0 Å². The van der Waals surface area contributed by atoms with Crippen LogP contribution in [0.25, 0.3) is 0 Å². The summed E-state index contributed by atoms with van der Waals surface area (Å²) in [5, 5.41) is 8.53. The van der Waals surface area contributed by atoms with Gasteiger partial charge in [0.2, 0.25) is 0 Å². The van der Waals surface area contributed by atoms with Gasteiger partial charge in [0.05, 0.1) is 0 Å². The van der Waals surface area contributed by atoms with Crippen molar-refractivity contribution in [2.24, 2.45) is 17.8 Å². The van der Waals surface area contributed by atoms with E-state index in [4.69, 9.17) is 5.11 Å². The molecule has 2 bridgehead atoms. The third kappa shape index (κ3) is 1.73. The van der Waals surface area contributed by atoms with Gasteiger partial charge >= 0.3 is 18.0 Å². The summed E-state index contributed by atoms with van der Waals surface area (Å²) >= 11 is 0. The Kier molecular flexibility index (Phi) is 2.69. The number of aliphatic hydroxyl groups is 1. The molecule has 100 valence electrons. The molecule has 2 aliphatic rings. The second kappa shape index (κ2) is 3.52. The molecule has 4 unspecified atom stereocenters. The molecule has 4 atom stereocenters. The molecule has 0 saturated heterocycles. The van der Waals surface area contributed by atoms with Crippen LogP contribution in [0.2, 0.25) is 0 Å². The molecule has 1 nitrogen and oxygen atoms in total. The summed E-state index contributed by atoms with van der Waals surface area (Å²) in [4.78, 5) is 0. The maximum Gasteiger partial charge on any atom is 0.454 e. The molecule has 2 aliphatic carbocycles. The molecule has 0 aromatic rings. The number of alkyl halides is 6. The lowest BCUT2D eigenvalue weighted by molar-refractivity contribution is -0.398. The highest BCUT2D eigenvalue weighted by molar-refractivity contribution is 5.03. The lowest BCUT2D eigenvalue weighted by Crippen LogP contribution is -2.59. The van der Waals surface area contributed by atoms with Crippen LogP contribution in [0.3, 0.4) is 0 Å². The highest BCUT2D eigenvalue weighted by Crippen LogP contribution is 2.58. The lowest BCUT2D eigenvalue weighted by Gasteiger charge is -2.37. The van der Waals surface area contributed by atoms with Crippen LogP contribution in [-0.2, 0) is 0 Å². The Bertz CT molecular complexity index is 310. The predicted octanol–water partition coefficient (Wildman–Crippen LogP) is 3.28. The maximum atomic E-state index is 13.5. The fourth-order valence-electron chi connectivity index (χ4n) is 3.12.